The van der Waals surface area contributed by atoms with Crippen molar-refractivity contribution in [2.75, 3.05) is 13.1 Å². The summed E-state index contributed by atoms with van der Waals surface area (Å²) < 4.78 is 13.3. The summed E-state index contributed by atoms with van der Waals surface area (Å²) in [5.74, 6) is 0.0592. The van der Waals surface area contributed by atoms with Gasteiger partial charge in [0.2, 0.25) is 5.91 Å². The van der Waals surface area contributed by atoms with Crippen LogP contribution >= 0.6 is 12.4 Å². The number of nitrogens with two attached hydrogens (primary N) is 1. The van der Waals surface area contributed by atoms with Crippen molar-refractivity contribution >= 4 is 18.3 Å². The number of nitrogens with zero attached hydrogens (tertiary/aromatic N) is 1. The van der Waals surface area contributed by atoms with Gasteiger partial charge in [0, 0.05) is 19.0 Å². The van der Waals surface area contributed by atoms with E-state index in [0.29, 0.717) is 13.0 Å². The van der Waals surface area contributed by atoms with Crippen LogP contribution in [-0.4, -0.2) is 36.1 Å². The number of alkyl halides is 1. The number of likely N-dealkylation sites (tertiary alicyclic amines) is 1. The standard InChI is InChI=1S/C10H19FN2O.ClH/c1-7-3-4-13(6-9(7)11)10(14)5-8(2)12;/h7-9H,3-6,12H2,1-2H3;1H. The van der Waals surface area contributed by atoms with Crippen LogP contribution in [0.4, 0.5) is 4.39 Å². The maximum atomic E-state index is 13.3. The fraction of sp³-hybridized carbons (Fsp3) is 0.900. The molecular weight excluding hydrogens is 219 g/mol. The fourth-order valence-electron chi connectivity index (χ4n) is 1.65. The first-order chi connectivity index (χ1) is 6.50. The molecule has 2 N–H and O–H groups in total. The van der Waals surface area contributed by atoms with Crippen LogP contribution in [0.5, 0.6) is 0 Å². The van der Waals surface area contributed by atoms with E-state index in [1.807, 2.05) is 6.92 Å². The molecule has 15 heavy (non-hydrogen) atoms. The van der Waals surface area contributed by atoms with Crippen molar-refractivity contribution in [3.63, 3.8) is 0 Å². The molecule has 0 aliphatic carbocycles. The fourth-order valence-corrected chi connectivity index (χ4v) is 1.65. The minimum atomic E-state index is -0.874. The second kappa shape index (κ2) is 6.28. The number of amides is 1. The van der Waals surface area contributed by atoms with Crippen LogP contribution in [0.25, 0.3) is 0 Å². The van der Waals surface area contributed by atoms with Gasteiger partial charge in [-0.05, 0) is 19.3 Å². The Bertz CT molecular complexity index is 214. The van der Waals surface area contributed by atoms with Gasteiger partial charge in [0.25, 0.3) is 0 Å². The molecule has 1 amide bonds. The lowest BCUT2D eigenvalue weighted by Crippen LogP contribution is -2.45. The predicted octanol–water partition coefficient (Wildman–Crippen LogP) is 1.35. The van der Waals surface area contributed by atoms with E-state index in [1.165, 1.54) is 0 Å². The van der Waals surface area contributed by atoms with E-state index in [4.69, 9.17) is 5.73 Å². The van der Waals surface area contributed by atoms with Gasteiger partial charge in [0.1, 0.15) is 6.17 Å². The first kappa shape index (κ1) is 14.6. The molecule has 0 spiro atoms. The maximum absolute atomic E-state index is 13.3. The molecule has 1 fully saturated rings. The average Bonchev–Trinajstić information content (AvgIpc) is 2.08. The van der Waals surface area contributed by atoms with Gasteiger partial charge in [-0.1, -0.05) is 6.92 Å². The zero-order valence-electron chi connectivity index (χ0n) is 9.28. The zero-order chi connectivity index (χ0) is 10.7. The third kappa shape index (κ3) is 4.34. The molecule has 0 bridgehead atoms. The summed E-state index contributed by atoms with van der Waals surface area (Å²) in [5.41, 5.74) is 5.52. The summed E-state index contributed by atoms with van der Waals surface area (Å²) in [7, 11) is 0. The second-order valence-corrected chi connectivity index (χ2v) is 4.30. The van der Waals surface area contributed by atoms with Crippen LogP contribution in [0, 0.1) is 5.92 Å². The number of carbonyl (C=O) groups excluding carboxylic acids is 1. The van der Waals surface area contributed by atoms with Gasteiger partial charge in [0.15, 0.2) is 0 Å². The van der Waals surface area contributed by atoms with Crippen LogP contribution in [0.15, 0.2) is 0 Å². The molecule has 1 saturated heterocycles. The lowest BCUT2D eigenvalue weighted by molar-refractivity contribution is -0.134. The number of piperidine rings is 1. The predicted molar refractivity (Wildman–Crippen MR) is 60.8 cm³/mol. The molecule has 5 heteroatoms. The number of hydrogen-bond acceptors (Lipinski definition) is 2. The van der Waals surface area contributed by atoms with E-state index in [0.717, 1.165) is 6.42 Å². The minimum absolute atomic E-state index is 0. The Balaban J connectivity index is 0.00000196. The van der Waals surface area contributed by atoms with Crippen molar-refractivity contribution in [1.29, 1.82) is 0 Å². The van der Waals surface area contributed by atoms with E-state index in [1.54, 1.807) is 11.8 Å². The van der Waals surface area contributed by atoms with Crippen LogP contribution in [0.3, 0.4) is 0 Å². The highest BCUT2D eigenvalue weighted by molar-refractivity contribution is 5.85. The Kier molecular flexibility index (Phi) is 6.13. The van der Waals surface area contributed by atoms with E-state index in [-0.39, 0.29) is 36.8 Å². The summed E-state index contributed by atoms with van der Waals surface area (Å²) >= 11 is 0. The molecule has 1 rings (SSSR count). The van der Waals surface area contributed by atoms with Crippen molar-refractivity contribution < 1.29 is 9.18 Å². The summed E-state index contributed by atoms with van der Waals surface area (Å²) in [6, 6.07) is -0.139. The number of rotatable bonds is 2. The molecule has 0 saturated carbocycles. The zero-order valence-corrected chi connectivity index (χ0v) is 10.1. The number of carbonyl (C=O) groups is 1. The van der Waals surface area contributed by atoms with E-state index in [9.17, 15) is 9.18 Å². The third-order valence-corrected chi connectivity index (χ3v) is 2.72. The Labute approximate surface area is 96.6 Å². The van der Waals surface area contributed by atoms with Gasteiger partial charge in [-0.25, -0.2) is 4.39 Å². The third-order valence-electron chi connectivity index (χ3n) is 2.72. The molecular formula is C10H20ClFN2O. The topological polar surface area (TPSA) is 46.3 Å². The SMILES string of the molecule is CC(N)CC(=O)N1CCC(C)C(F)C1.Cl. The second-order valence-electron chi connectivity index (χ2n) is 4.30. The highest BCUT2D eigenvalue weighted by Crippen LogP contribution is 2.20. The first-order valence-corrected chi connectivity index (χ1v) is 5.18. The van der Waals surface area contributed by atoms with Crippen LogP contribution in [0.1, 0.15) is 26.7 Å². The van der Waals surface area contributed by atoms with Crippen LogP contribution in [-0.2, 0) is 4.79 Å². The monoisotopic (exact) mass is 238 g/mol. The number of halogens is 2. The van der Waals surface area contributed by atoms with Crippen LogP contribution < -0.4 is 5.73 Å². The Hall–Kier alpha value is -0.350. The molecule has 3 nitrogen and oxygen atoms in total. The molecule has 3 atom stereocenters. The van der Waals surface area contributed by atoms with Gasteiger partial charge in [0.05, 0.1) is 6.54 Å². The summed E-state index contributed by atoms with van der Waals surface area (Å²) in [6.07, 6.45) is 0.202. The van der Waals surface area contributed by atoms with E-state index >= 15 is 0 Å². The van der Waals surface area contributed by atoms with Gasteiger partial charge < -0.3 is 10.6 Å². The largest absolute Gasteiger partial charge is 0.340 e. The molecule has 1 heterocycles. The quantitative estimate of drug-likeness (QED) is 0.790. The van der Waals surface area contributed by atoms with Crippen molar-refractivity contribution in [2.45, 2.75) is 38.9 Å². The Morgan fingerprint density at radius 2 is 2.27 bits per heavy atom. The normalized spacial score (nSPS) is 28.1. The summed E-state index contributed by atoms with van der Waals surface area (Å²) in [4.78, 5) is 13.1. The van der Waals surface area contributed by atoms with Crippen molar-refractivity contribution in [1.82, 2.24) is 4.90 Å². The smallest absolute Gasteiger partial charge is 0.224 e. The van der Waals surface area contributed by atoms with E-state index < -0.39 is 6.17 Å². The summed E-state index contributed by atoms with van der Waals surface area (Å²) in [5, 5.41) is 0. The molecule has 3 unspecified atom stereocenters. The highest BCUT2D eigenvalue weighted by Gasteiger charge is 2.28. The molecule has 90 valence electrons. The van der Waals surface area contributed by atoms with Crippen molar-refractivity contribution in [3.05, 3.63) is 0 Å². The van der Waals surface area contributed by atoms with Gasteiger partial charge >= 0.3 is 0 Å². The molecule has 0 radical (unpaired) electrons. The Morgan fingerprint density at radius 3 is 2.73 bits per heavy atom. The summed E-state index contributed by atoms with van der Waals surface area (Å²) in [6.45, 7) is 4.59. The van der Waals surface area contributed by atoms with Gasteiger partial charge in [-0.15, -0.1) is 12.4 Å². The Morgan fingerprint density at radius 1 is 1.67 bits per heavy atom. The molecule has 1 aliphatic rings. The average molecular weight is 239 g/mol. The number of hydrogen-bond donors (Lipinski definition) is 1. The van der Waals surface area contributed by atoms with Gasteiger partial charge in [-0.2, -0.15) is 0 Å². The minimum Gasteiger partial charge on any atom is -0.340 e. The van der Waals surface area contributed by atoms with Crippen molar-refractivity contribution in [2.24, 2.45) is 11.7 Å². The lowest BCUT2D eigenvalue weighted by atomic mass is 9.97. The molecule has 0 aromatic carbocycles. The van der Waals surface area contributed by atoms with Crippen molar-refractivity contribution in [3.8, 4) is 0 Å². The van der Waals surface area contributed by atoms with Gasteiger partial charge in [-0.3, -0.25) is 4.79 Å². The van der Waals surface area contributed by atoms with Crippen LogP contribution in [0.2, 0.25) is 0 Å². The highest BCUT2D eigenvalue weighted by atomic mass is 35.5. The maximum Gasteiger partial charge on any atom is 0.224 e. The molecule has 0 aromatic heterocycles. The first-order valence-electron chi connectivity index (χ1n) is 5.18. The molecule has 0 aromatic rings. The molecule has 1 aliphatic heterocycles. The lowest BCUT2D eigenvalue weighted by Gasteiger charge is -2.33. The van der Waals surface area contributed by atoms with E-state index in [2.05, 4.69) is 0 Å².